The minimum Gasteiger partial charge on any atom is -0.399 e. The smallest absolute Gasteiger partial charge is 0.399 e. The molecule has 0 aliphatic rings. The molecule has 0 radical (unpaired) electrons. The topological polar surface area (TPSA) is 52.0 Å². The highest BCUT2D eigenvalue weighted by atomic mass is 19.4. The maximum absolute atomic E-state index is 12.5. The zero-order chi connectivity index (χ0) is 14.3. The summed E-state index contributed by atoms with van der Waals surface area (Å²) in [4.78, 5) is 0. The number of aryl methyl sites for hydroxylation is 1. The van der Waals surface area contributed by atoms with Crippen LogP contribution in [0.2, 0.25) is 0 Å². The molecule has 1 aromatic carbocycles. The zero-order valence-electron chi connectivity index (χ0n) is 11.0. The number of rotatable bonds is 3. The van der Waals surface area contributed by atoms with Gasteiger partial charge in [-0.15, -0.1) is 0 Å². The van der Waals surface area contributed by atoms with Gasteiger partial charge in [-0.05, 0) is 49.6 Å². The molecule has 104 valence electrons. The van der Waals surface area contributed by atoms with Crippen LogP contribution in [0.1, 0.15) is 31.4 Å². The number of nitrogens with two attached hydrogens (primary N) is 2. The van der Waals surface area contributed by atoms with Crippen LogP contribution < -0.4 is 11.5 Å². The minimum absolute atomic E-state index is 0.439. The van der Waals surface area contributed by atoms with Gasteiger partial charge in [-0.2, -0.15) is 13.2 Å². The molecule has 0 aliphatic carbocycles. The molecule has 0 spiro atoms. The summed E-state index contributed by atoms with van der Waals surface area (Å²) in [6.07, 6.45) is -2.86. The van der Waals surface area contributed by atoms with E-state index in [1.807, 2.05) is 13.8 Å². The highest BCUT2D eigenvalue weighted by Crippen LogP contribution is 2.31. The van der Waals surface area contributed by atoms with E-state index in [1.54, 1.807) is 0 Å². The SMILES string of the molecule is CC(C)CCc1cc(C(F)(F)F)ccc1N.CN. The molecular weight excluding hydrogens is 241 g/mol. The molecule has 0 aliphatic heterocycles. The van der Waals surface area contributed by atoms with Crippen molar-refractivity contribution in [1.82, 2.24) is 0 Å². The monoisotopic (exact) mass is 262 g/mol. The summed E-state index contributed by atoms with van der Waals surface area (Å²) < 4.78 is 37.4. The largest absolute Gasteiger partial charge is 0.416 e. The van der Waals surface area contributed by atoms with Crippen molar-refractivity contribution in [3.8, 4) is 0 Å². The predicted molar refractivity (Wildman–Crippen MR) is 69.1 cm³/mol. The zero-order valence-corrected chi connectivity index (χ0v) is 11.0. The average molecular weight is 262 g/mol. The van der Waals surface area contributed by atoms with Gasteiger partial charge in [-0.1, -0.05) is 13.8 Å². The van der Waals surface area contributed by atoms with Crippen LogP contribution in [-0.4, -0.2) is 7.05 Å². The van der Waals surface area contributed by atoms with Crippen LogP contribution in [0.25, 0.3) is 0 Å². The molecule has 0 fully saturated rings. The summed E-state index contributed by atoms with van der Waals surface area (Å²) in [6, 6.07) is 3.50. The summed E-state index contributed by atoms with van der Waals surface area (Å²) in [5.74, 6) is 0.453. The van der Waals surface area contributed by atoms with E-state index in [9.17, 15) is 13.2 Å². The normalized spacial score (nSPS) is 11.1. The number of halogens is 3. The van der Waals surface area contributed by atoms with Gasteiger partial charge in [0.1, 0.15) is 0 Å². The Bertz CT molecular complexity index is 360. The summed E-state index contributed by atoms with van der Waals surface area (Å²) in [6.45, 7) is 4.06. The summed E-state index contributed by atoms with van der Waals surface area (Å²) in [5.41, 5.74) is 10.6. The fourth-order valence-corrected chi connectivity index (χ4v) is 1.44. The first-order valence-electron chi connectivity index (χ1n) is 5.84. The molecular formula is C13H21F3N2. The fourth-order valence-electron chi connectivity index (χ4n) is 1.44. The van der Waals surface area contributed by atoms with Crippen molar-refractivity contribution in [2.75, 3.05) is 12.8 Å². The highest BCUT2D eigenvalue weighted by molar-refractivity contribution is 5.49. The fraction of sp³-hybridized carbons (Fsp3) is 0.538. The van der Waals surface area contributed by atoms with Crippen LogP contribution in [0, 0.1) is 5.92 Å². The van der Waals surface area contributed by atoms with E-state index in [2.05, 4.69) is 5.73 Å². The molecule has 0 atom stereocenters. The van der Waals surface area contributed by atoms with Crippen molar-refractivity contribution in [2.24, 2.45) is 11.7 Å². The van der Waals surface area contributed by atoms with E-state index in [-0.39, 0.29) is 0 Å². The van der Waals surface area contributed by atoms with E-state index in [0.717, 1.165) is 18.6 Å². The Labute approximate surface area is 106 Å². The van der Waals surface area contributed by atoms with Gasteiger partial charge >= 0.3 is 6.18 Å². The third-order valence-electron chi connectivity index (χ3n) is 2.46. The molecule has 0 heterocycles. The first-order chi connectivity index (χ1) is 8.30. The van der Waals surface area contributed by atoms with Crippen LogP contribution in [0.15, 0.2) is 18.2 Å². The third-order valence-corrected chi connectivity index (χ3v) is 2.46. The van der Waals surface area contributed by atoms with Gasteiger partial charge in [0.25, 0.3) is 0 Å². The molecule has 0 aromatic heterocycles. The molecule has 5 heteroatoms. The summed E-state index contributed by atoms with van der Waals surface area (Å²) in [5, 5.41) is 0. The molecule has 1 aromatic rings. The van der Waals surface area contributed by atoms with Crippen LogP contribution in [0.5, 0.6) is 0 Å². The molecule has 18 heavy (non-hydrogen) atoms. The Morgan fingerprint density at radius 3 is 2.17 bits per heavy atom. The third kappa shape index (κ3) is 5.40. The minimum atomic E-state index is -4.29. The molecule has 0 saturated heterocycles. The van der Waals surface area contributed by atoms with E-state index >= 15 is 0 Å². The van der Waals surface area contributed by atoms with Crippen LogP contribution in [-0.2, 0) is 12.6 Å². The standard InChI is InChI=1S/C12H16F3N.CH5N/c1-8(2)3-4-9-7-10(12(13,14)15)5-6-11(9)16;1-2/h5-8H,3-4,16H2,1-2H3;2H2,1H3. The van der Waals surface area contributed by atoms with Gasteiger partial charge in [0.15, 0.2) is 0 Å². The van der Waals surface area contributed by atoms with E-state index in [0.29, 0.717) is 23.6 Å². The molecule has 0 amide bonds. The number of benzene rings is 1. The lowest BCUT2D eigenvalue weighted by atomic mass is 9.99. The number of nitrogen functional groups attached to an aromatic ring is 1. The van der Waals surface area contributed by atoms with Crippen LogP contribution in [0.4, 0.5) is 18.9 Å². The molecule has 0 saturated carbocycles. The Balaban J connectivity index is 0.00000137. The van der Waals surface area contributed by atoms with Crippen LogP contribution in [0.3, 0.4) is 0 Å². The van der Waals surface area contributed by atoms with E-state index < -0.39 is 11.7 Å². The van der Waals surface area contributed by atoms with Crippen molar-refractivity contribution in [1.29, 1.82) is 0 Å². The summed E-state index contributed by atoms with van der Waals surface area (Å²) in [7, 11) is 1.50. The Hall–Kier alpha value is -1.23. The molecule has 2 nitrogen and oxygen atoms in total. The van der Waals surface area contributed by atoms with Gasteiger partial charge < -0.3 is 11.5 Å². The Morgan fingerprint density at radius 1 is 1.17 bits per heavy atom. The van der Waals surface area contributed by atoms with Gasteiger partial charge in [-0.3, -0.25) is 0 Å². The number of hydrogen-bond donors (Lipinski definition) is 2. The number of alkyl halides is 3. The maximum Gasteiger partial charge on any atom is 0.416 e. The first-order valence-corrected chi connectivity index (χ1v) is 5.84. The average Bonchev–Trinajstić information content (AvgIpc) is 2.29. The number of hydrogen-bond acceptors (Lipinski definition) is 2. The van der Waals surface area contributed by atoms with E-state index in [4.69, 9.17) is 5.73 Å². The van der Waals surface area contributed by atoms with Gasteiger partial charge in [0, 0.05) is 5.69 Å². The quantitative estimate of drug-likeness (QED) is 0.820. The lowest BCUT2D eigenvalue weighted by Gasteiger charge is -2.12. The van der Waals surface area contributed by atoms with Crippen molar-refractivity contribution in [3.63, 3.8) is 0 Å². The maximum atomic E-state index is 12.5. The second-order valence-corrected chi connectivity index (χ2v) is 4.34. The lowest BCUT2D eigenvalue weighted by Crippen LogP contribution is -2.07. The second-order valence-electron chi connectivity index (χ2n) is 4.34. The van der Waals surface area contributed by atoms with Gasteiger partial charge in [0.05, 0.1) is 5.56 Å². The molecule has 0 unspecified atom stereocenters. The lowest BCUT2D eigenvalue weighted by molar-refractivity contribution is -0.137. The van der Waals surface area contributed by atoms with Crippen molar-refractivity contribution >= 4 is 5.69 Å². The molecule has 4 N–H and O–H groups in total. The van der Waals surface area contributed by atoms with Gasteiger partial charge in [0.2, 0.25) is 0 Å². The second kappa shape index (κ2) is 7.26. The summed E-state index contributed by atoms with van der Waals surface area (Å²) >= 11 is 0. The number of anilines is 1. The Kier molecular flexibility index (Phi) is 6.76. The predicted octanol–water partition coefficient (Wildman–Crippen LogP) is 3.45. The Morgan fingerprint density at radius 2 is 1.72 bits per heavy atom. The van der Waals surface area contributed by atoms with E-state index in [1.165, 1.54) is 13.1 Å². The van der Waals surface area contributed by atoms with Gasteiger partial charge in [-0.25, -0.2) is 0 Å². The molecule has 1 rings (SSSR count). The van der Waals surface area contributed by atoms with Crippen molar-refractivity contribution < 1.29 is 13.2 Å². The highest BCUT2D eigenvalue weighted by Gasteiger charge is 2.30. The van der Waals surface area contributed by atoms with Crippen molar-refractivity contribution in [3.05, 3.63) is 29.3 Å². The van der Waals surface area contributed by atoms with Crippen LogP contribution >= 0.6 is 0 Å². The van der Waals surface area contributed by atoms with Crippen molar-refractivity contribution in [2.45, 2.75) is 32.9 Å². The molecule has 0 bridgehead atoms. The first kappa shape index (κ1) is 16.8.